The summed E-state index contributed by atoms with van der Waals surface area (Å²) in [5.41, 5.74) is 18.5. The van der Waals surface area contributed by atoms with Gasteiger partial charge in [-0.3, -0.25) is 66.6 Å². The predicted molar refractivity (Wildman–Crippen MR) is 572 cm³/mol. The van der Waals surface area contributed by atoms with Crippen LogP contribution in [0.3, 0.4) is 0 Å². The molecule has 4 atom stereocenters. The monoisotopic (exact) mass is 2280 g/mol. The SMILES string of the molecule is C=CC(C)=O.COC1N=C(Cl)Nc2cn(CCC(C)=O)nc21.COC1N=C(Cl)Nc2cnn(CCC(C)=O)c21.COC1NC(=NCc2ccc(Cl)c(Cl)c2)Nc2cn(CCC(C)=O)nc21.COC1NC(=NCc2ccc(Cl)c(Cl)c2)Nc2cnn(CCC(C)=O)c21.COc1nc(Cl)nc2c1CN=C2.COc1nc(Cl)nc2cn(CCC(C)=O)nc12.COc1nc(Cl)nc2cnn(CCC(C)=O)c12.NCc1ccc(Cl)c(Cl)c1.O.[Li+].[OH-]. The summed E-state index contributed by atoms with van der Waals surface area (Å²) in [6, 6.07) is 16.2. The van der Waals surface area contributed by atoms with Crippen molar-refractivity contribution in [1.29, 1.82) is 0 Å². The molecule has 17 rings (SSSR count). The first-order valence-electron chi connectivity index (χ1n) is 44.3. The van der Waals surface area contributed by atoms with Crippen molar-refractivity contribution in [2.24, 2.45) is 30.7 Å². The van der Waals surface area contributed by atoms with E-state index in [1.165, 1.54) is 34.1 Å². The third kappa shape index (κ3) is 38.5. The number of aliphatic imine (C=N–C) groups is 5. The van der Waals surface area contributed by atoms with E-state index in [2.05, 4.69) is 124 Å². The molecule has 0 bridgehead atoms. The number of benzene rings is 3. The van der Waals surface area contributed by atoms with Crippen LogP contribution in [-0.2, 0) is 118 Å². The quantitative estimate of drug-likeness (QED) is 0.00918. The fourth-order valence-electron chi connectivity index (χ4n) is 13.1. The first-order valence-corrected chi connectivity index (χ1v) is 48.5. The molecule has 5 aliphatic heterocycles. The third-order valence-electron chi connectivity index (χ3n) is 20.4. The molecule has 46 nitrogen and oxygen atoms in total. The number of aromatic nitrogens is 18. The van der Waals surface area contributed by atoms with Crippen molar-refractivity contribution < 1.29 is 96.5 Å². The van der Waals surface area contributed by atoms with Crippen LogP contribution in [0, 0.1) is 0 Å². The van der Waals surface area contributed by atoms with Crippen LogP contribution in [0.2, 0.25) is 46.0 Å². The molecule has 14 heterocycles. The predicted octanol–water partition coefficient (Wildman–Crippen LogP) is 13.0. The Morgan fingerprint density at radius 3 is 1.32 bits per heavy atom. The molecular weight excluding hydrogens is 2180 g/mol. The van der Waals surface area contributed by atoms with Crippen molar-refractivity contribution in [3.05, 3.63) is 201 Å². The van der Waals surface area contributed by atoms with Crippen molar-refractivity contribution in [3.8, 4) is 17.6 Å². The minimum absolute atomic E-state index is 0. The Morgan fingerprint density at radius 2 is 0.847 bits per heavy atom. The Hall–Kier alpha value is -11.8. The van der Waals surface area contributed by atoms with Gasteiger partial charge >= 0.3 is 18.9 Å². The van der Waals surface area contributed by atoms with Crippen LogP contribution < -0.4 is 70.7 Å². The number of ketones is 7. The number of Topliss-reactive ketones (excluding diaryl/α,β-unsaturated/α-hetero) is 6. The van der Waals surface area contributed by atoms with Gasteiger partial charge in [0.1, 0.15) is 74.0 Å². The van der Waals surface area contributed by atoms with E-state index in [9.17, 15) is 33.6 Å². The number of ether oxygens (including phenoxy) is 7. The van der Waals surface area contributed by atoms with E-state index in [1.807, 2.05) is 24.4 Å². The Labute approximate surface area is 928 Å². The van der Waals surface area contributed by atoms with Gasteiger partial charge in [-0.1, -0.05) is 94.4 Å². The number of carbonyl (C=O) groups excluding carboxylic acids is 7. The number of amidine groups is 2. The zero-order valence-corrected chi connectivity index (χ0v) is 92.1. The number of allylic oxidation sites excluding steroid dienone is 1. The second-order valence-electron chi connectivity index (χ2n) is 31.6. The van der Waals surface area contributed by atoms with E-state index in [1.54, 1.807) is 172 Å². The van der Waals surface area contributed by atoms with Crippen LogP contribution in [0.1, 0.15) is 163 Å². The molecule has 0 fully saturated rings. The van der Waals surface area contributed by atoms with E-state index in [-0.39, 0.29) is 96.7 Å². The zero-order chi connectivity index (χ0) is 107. The zero-order valence-electron chi connectivity index (χ0n) is 83.8. The van der Waals surface area contributed by atoms with E-state index in [4.69, 9.17) is 167 Å². The van der Waals surface area contributed by atoms with Crippen LogP contribution in [0.5, 0.6) is 17.6 Å². The molecular formula is C92H108Cl11LiN30O16. The molecule has 0 spiro atoms. The van der Waals surface area contributed by atoms with Crippen molar-refractivity contribution >= 4 is 242 Å². The molecule has 5 aliphatic rings. The van der Waals surface area contributed by atoms with Crippen molar-refractivity contribution in [2.75, 3.05) is 71.0 Å². The molecule has 0 aliphatic carbocycles. The van der Waals surface area contributed by atoms with Crippen molar-refractivity contribution in [2.45, 2.75) is 177 Å². The normalized spacial score (nSPS) is 14.6. The summed E-state index contributed by atoms with van der Waals surface area (Å²) in [5, 5.41) is 48.4. The molecule has 58 heteroatoms. The average molecular weight is 2290 g/mol. The summed E-state index contributed by atoms with van der Waals surface area (Å²) < 4.78 is 46.8. The maximum atomic E-state index is 11.2. The second kappa shape index (κ2) is 62.8. The van der Waals surface area contributed by atoms with Gasteiger partial charge in [0.05, 0.1) is 130 Å². The molecule has 12 aromatic rings. The molecule has 0 saturated carbocycles. The maximum absolute atomic E-state index is 11.2. The summed E-state index contributed by atoms with van der Waals surface area (Å²) in [7, 11) is 10.8. The van der Waals surface area contributed by atoms with Crippen LogP contribution in [0.15, 0.2) is 129 Å². The van der Waals surface area contributed by atoms with Gasteiger partial charge in [-0.2, -0.15) is 45.5 Å². The number of carbonyl (C=O) groups is 7. The molecule has 0 radical (unpaired) electrons. The summed E-state index contributed by atoms with van der Waals surface area (Å²) in [6.07, 6.45) is 14.0. The fourth-order valence-corrected chi connectivity index (χ4v) is 15.0. The molecule has 9 aromatic heterocycles. The number of halogens is 11. The first kappa shape index (κ1) is 127. The number of aryl methyl sites for hydroxylation is 6. The summed E-state index contributed by atoms with van der Waals surface area (Å²) >= 11 is 64.1. The average Bonchev–Trinajstić information content (AvgIpc) is 1.66. The smallest absolute Gasteiger partial charge is 0.870 e. The molecule has 3 aromatic carbocycles. The summed E-state index contributed by atoms with van der Waals surface area (Å²) in [5.74, 6) is 3.07. The van der Waals surface area contributed by atoms with Gasteiger partial charge in [0.15, 0.2) is 58.7 Å². The fraction of sp³-hybridized carbons (Fsp3) is 0.370. The van der Waals surface area contributed by atoms with Crippen LogP contribution >= 0.6 is 128 Å². The second-order valence-corrected chi connectivity index (χ2v) is 35.8. The van der Waals surface area contributed by atoms with E-state index in [0.29, 0.717) is 191 Å². The van der Waals surface area contributed by atoms with Gasteiger partial charge in [-0.25, -0.2) is 34.9 Å². The first-order chi connectivity index (χ1) is 70.2. The maximum Gasteiger partial charge on any atom is 1.00 e. The van der Waals surface area contributed by atoms with Crippen molar-refractivity contribution in [1.82, 2.24) is 99.2 Å². The third-order valence-corrected chi connectivity index (χ3v) is 23.5. The number of rotatable bonds is 31. The number of guanidine groups is 2. The van der Waals surface area contributed by atoms with E-state index in [0.717, 1.165) is 67.8 Å². The van der Waals surface area contributed by atoms with Crippen LogP contribution in [0.25, 0.3) is 22.1 Å². The molecule has 4 unspecified atom stereocenters. The number of nitrogens with zero attached hydrogens (tertiary/aromatic N) is 23. The Kier molecular flexibility index (Phi) is 53.1. The summed E-state index contributed by atoms with van der Waals surface area (Å²) in [4.78, 5) is 121. The van der Waals surface area contributed by atoms with Gasteiger partial charge in [-0.05, 0) is 166 Å². The number of hydrogen-bond acceptors (Lipinski definition) is 35. The van der Waals surface area contributed by atoms with Crippen LogP contribution in [-0.4, -0.2) is 219 Å². The van der Waals surface area contributed by atoms with Gasteiger partial charge in [0, 0.05) is 131 Å². The standard InChI is InChI=1S/2C17H19Cl2N5O2.C10H13ClN4O2.C10H11ClN4O2.C10H13ClN4O2.C10H11ClN4O2.C7H7Cl2N.C7H6ClN3O.C4H6O.Li.2H2O/c1-10(25)5-6-24-9-14-15(23-24)16(26-2)22-17(21-14)20-8-11-3-4-12(18)13(19)7-11;1-10(25)5-6-24-15-14(9-21-24)22-17(23-16(15)26-2)20-8-11-3-4-12(18)13(19)7-11;2*1-6(16)3-4-15-5-7-8(14-15)9(17-2)13-10(11)12-7;2*1-6(16)3-4-15-8-7(5-12-15)13-10(11)14-9(8)17-2;8-6-2-1-5(4-10)3-7(6)9;1-12-6-4-2-9-3-5(4)10-7(8)11-6;1-3-4(2)5;;;/h3-4,7,9,16H,5-6,8H2,1-2H3,(H2,20,21,22);3-4,7,9,16H,5-6,8H2,1-2H3,(H2,20,22,23);5,9H,3-4H2,1-2H3,(H,12,13);5H,3-4H2,1-2H3;5,9H,3-4H2,1-2H3,(H,13,14);5H,3-4H2,1-2H3;1-3H,4,10H2;3H,2H2,1H3;3H,1H2,2H3;;2*1H2/q;;;;;;;;;+1;;/p-1. The van der Waals surface area contributed by atoms with E-state index < -0.39 is 24.9 Å². The van der Waals surface area contributed by atoms with Crippen molar-refractivity contribution in [3.63, 3.8) is 0 Å². The van der Waals surface area contributed by atoms with Gasteiger partial charge in [-0.15, -0.1) is 0 Å². The molecule has 11 N–H and O–H groups in total. The minimum atomic E-state index is -0.489. The van der Waals surface area contributed by atoms with Gasteiger partial charge in [0.25, 0.3) is 0 Å². The van der Waals surface area contributed by atoms with Crippen LogP contribution in [0.4, 0.5) is 22.7 Å². The van der Waals surface area contributed by atoms with Gasteiger partial charge in [0.2, 0.25) is 33.5 Å². The number of methoxy groups -OCH3 is 7. The largest absolute Gasteiger partial charge is 1.00 e. The number of anilines is 4. The van der Waals surface area contributed by atoms with Gasteiger partial charge < -0.3 is 81.7 Å². The summed E-state index contributed by atoms with van der Waals surface area (Å²) in [6.45, 7) is 19.0. The van der Waals surface area contributed by atoms with E-state index >= 15 is 0 Å². The molecule has 0 saturated heterocycles. The molecule has 150 heavy (non-hydrogen) atoms. The Bertz CT molecular complexity index is 6760. The number of nitrogens with one attached hydrogen (secondary N) is 6. The Balaban J connectivity index is 0.000000263. The minimum Gasteiger partial charge on any atom is -0.870 e. The number of hydrogen-bond donors (Lipinski definition) is 7. The molecule has 800 valence electrons. The Morgan fingerprint density at radius 1 is 0.447 bits per heavy atom. The topological polar surface area (TPSA) is 590 Å². The molecule has 0 amide bonds. The number of fused-ring (bicyclic) bond motifs is 7. The number of nitrogens with two attached hydrogens (primary N) is 1.